The van der Waals surface area contributed by atoms with Crippen molar-refractivity contribution in [3.63, 3.8) is 0 Å². The zero-order chi connectivity index (χ0) is 16.2. The smallest absolute Gasteiger partial charge is 0.193 e. The number of hydrogen-bond donors (Lipinski definition) is 1. The van der Waals surface area contributed by atoms with E-state index < -0.39 is 0 Å². The van der Waals surface area contributed by atoms with Crippen LogP contribution in [0.15, 0.2) is 35.3 Å². The van der Waals surface area contributed by atoms with Crippen LogP contribution in [0.4, 0.5) is 0 Å². The van der Waals surface area contributed by atoms with Gasteiger partial charge in [0.25, 0.3) is 0 Å². The molecule has 0 atom stereocenters. The summed E-state index contributed by atoms with van der Waals surface area (Å²) >= 11 is 0. The highest BCUT2D eigenvalue weighted by atomic mass is 16.5. The van der Waals surface area contributed by atoms with E-state index in [-0.39, 0.29) is 0 Å². The second-order valence-electron chi connectivity index (χ2n) is 5.21. The predicted octanol–water partition coefficient (Wildman–Crippen LogP) is 1.91. The number of likely N-dealkylation sites (N-methyl/N-ethyl adjacent to an activating group) is 2. The van der Waals surface area contributed by atoms with Gasteiger partial charge in [-0.1, -0.05) is 25.1 Å². The van der Waals surface area contributed by atoms with E-state index in [0.717, 1.165) is 44.4 Å². The number of nitrogens with zero attached hydrogens (tertiary/aromatic N) is 3. The molecule has 0 spiro atoms. The molecule has 0 saturated heterocycles. The molecule has 5 nitrogen and oxygen atoms in total. The number of rotatable bonds is 9. The minimum Gasteiger partial charge on any atom is -0.492 e. The Bertz CT molecular complexity index is 422. The maximum Gasteiger partial charge on any atom is 0.193 e. The molecule has 0 fully saturated rings. The Morgan fingerprint density at radius 3 is 2.50 bits per heavy atom. The lowest BCUT2D eigenvalue weighted by Crippen LogP contribution is -2.41. The van der Waals surface area contributed by atoms with Crippen molar-refractivity contribution in [3.8, 4) is 5.75 Å². The summed E-state index contributed by atoms with van der Waals surface area (Å²) < 4.78 is 5.73. The van der Waals surface area contributed by atoms with E-state index in [9.17, 15) is 0 Å². The molecular formula is C17H30N4O. The first-order chi connectivity index (χ1) is 10.7. The van der Waals surface area contributed by atoms with Gasteiger partial charge in [-0.15, -0.1) is 0 Å². The first kappa shape index (κ1) is 18.3. The van der Waals surface area contributed by atoms with Crippen LogP contribution in [-0.2, 0) is 0 Å². The largest absolute Gasteiger partial charge is 0.492 e. The van der Waals surface area contributed by atoms with Gasteiger partial charge in [0.15, 0.2) is 5.96 Å². The lowest BCUT2D eigenvalue weighted by Gasteiger charge is -2.22. The SMILES string of the molecule is CCNC(=NCCN(C)CC)N(C)CCOc1ccccc1. The lowest BCUT2D eigenvalue weighted by atomic mass is 10.3. The van der Waals surface area contributed by atoms with Crippen molar-refractivity contribution in [2.45, 2.75) is 13.8 Å². The van der Waals surface area contributed by atoms with Gasteiger partial charge in [0.1, 0.15) is 12.4 Å². The Balaban J connectivity index is 2.39. The highest BCUT2D eigenvalue weighted by Gasteiger charge is 2.05. The average molecular weight is 306 g/mol. The van der Waals surface area contributed by atoms with E-state index in [4.69, 9.17) is 4.74 Å². The number of aliphatic imine (C=N–C) groups is 1. The van der Waals surface area contributed by atoms with Crippen molar-refractivity contribution in [1.82, 2.24) is 15.1 Å². The summed E-state index contributed by atoms with van der Waals surface area (Å²) in [6.07, 6.45) is 0. The maximum absolute atomic E-state index is 5.73. The van der Waals surface area contributed by atoms with Crippen LogP contribution in [0.25, 0.3) is 0 Å². The molecule has 0 bridgehead atoms. The van der Waals surface area contributed by atoms with Gasteiger partial charge in [-0.05, 0) is 32.6 Å². The van der Waals surface area contributed by atoms with Crippen molar-refractivity contribution < 1.29 is 4.74 Å². The molecule has 0 aliphatic heterocycles. The molecule has 0 aromatic heterocycles. The fraction of sp³-hybridized carbons (Fsp3) is 0.588. The third-order valence-electron chi connectivity index (χ3n) is 3.42. The molecule has 0 amide bonds. The van der Waals surface area contributed by atoms with Crippen LogP contribution in [0.3, 0.4) is 0 Å². The number of ether oxygens (including phenoxy) is 1. The lowest BCUT2D eigenvalue weighted by molar-refractivity contribution is 0.281. The van der Waals surface area contributed by atoms with Gasteiger partial charge in [-0.3, -0.25) is 4.99 Å². The molecule has 0 aliphatic carbocycles. The maximum atomic E-state index is 5.73. The Morgan fingerprint density at radius 2 is 1.86 bits per heavy atom. The topological polar surface area (TPSA) is 40.1 Å². The summed E-state index contributed by atoms with van der Waals surface area (Å²) in [4.78, 5) is 9.03. The third-order valence-corrected chi connectivity index (χ3v) is 3.42. The first-order valence-corrected chi connectivity index (χ1v) is 8.03. The van der Waals surface area contributed by atoms with Crippen molar-refractivity contribution >= 4 is 5.96 Å². The van der Waals surface area contributed by atoms with E-state index in [0.29, 0.717) is 6.61 Å². The van der Waals surface area contributed by atoms with Crippen LogP contribution < -0.4 is 10.1 Å². The molecule has 124 valence electrons. The molecule has 0 aliphatic rings. The van der Waals surface area contributed by atoms with E-state index >= 15 is 0 Å². The van der Waals surface area contributed by atoms with Crippen LogP contribution >= 0.6 is 0 Å². The summed E-state index contributed by atoms with van der Waals surface area (Å²) in [5.41, 5.74) is 0. The summed E-state index contributed by atoms with van der Waals surface area (Å²) in [6.45, 7) is 9.36. The highest BCUT2D eigenvalue weighted by Crippen LogP contribution is 2.07. The molecule has 22 heavy (non-hydrogen) atoms. The van der Waals surface area contributed by atoms with E-state index in [1.54, 1.807) is 0 Å². The molecule has 5 heteroatoms. The van der Waals surface area contributed by atoms with Gasteiger partial charge in [-0.2, -0.15) is 0 Å². The first-order valence-electron chi connectivity index (χ1n) is 8.03. The highest BCUT2D eigenvalue weighted by molar-refractivity contribution is 5.79. The molecule has 1 aromatic rings. The number of hydrogen-bond acceptors (Lipinski definition) is 3. The van der Waals surface area contributed by atoms with Crippen molar-refractivity contribution in [2.75, 3.05) is 53.4 Å². The minimum atomic E-state index is 0.639. The molecular weight excluding hydrogens is 276 g/mol. The Kier molecular flexibility index (Phi) is 9.07. The van der Waals surface area contributed by atoms with E-state index in [1.807, 2.05) is 37.4 Å². The minimum absolute atomic E-state index is 0.639. The Hall–Kier alpha value is -1.75. The molecule has 0 saturated carbocycles. The van der Waals surface area contributed by atoms with Gasteiger partial charge < -0.3 is 19.9 Å². The molecule has 1 N–H and O–H groups in total. The number of guanidine groups is 1. The summed E-state index contributed by atoms with van der Waals surface area (Å²) in [7, 11) is 4.15. The third kappa shape index (κ3) is 7.31. The summed E-state index contributed by atoms with van der Waals surface area (Å²) in [6, 6.07) is 9.89. The average Bonchev–Trinajstić information content (AvgIpc) is 2.54. The molecule has 1 aromatic carbocycles. The Morgan fingerprint density at radius 1 is 1.14 bits per heavy atom. The molecule has 0 radical (unpaired) electrons. The molecule has 0 heterocycles. The van der Waals surface area contributed by atoms with Gasteiger partial charge in [-0.25, -0.2) is 0 Å². The second kappa shape index (κ2) is 10.9. The normalized spacial score (nSPS) is 11.6. The number of benzene rings is 1. The number of para-hydroxylation sites is 1. The van der Waals surface area contributed by atoms with E-state index in [1.165, 1.54) is 0 Å². The number of nitrogens with one attached hydrogen (secondary N) is 1. The van der Waals surface area contributed by atoms with E-state index in [2.05, 4.69) is 41.0 Å². The van der Waals surface area contributed by atoms with Crippen LogP contribution in [0.5, 0.6) is 5.75 Å². The zero-order valence-electron chi connectivity index (χ0n) is 14.4. The summed E-state index contributed by atoms with van der Waals surface area (Å²) in [5, 5.41) is 3.32. The molecule has 0 unspecified atom stereocenters. The second-order valence-corrected chi connectivity index (χ2v) is 5.21. The predicted molar refractivity (Wildman–Crippen MR) is 93.7 cm³/mol. The van der Waals surface area contributed by atoms with Gasteiger partial charge in [0, 0.05) is 20.1 Å². The zero-order valence-corrected chi connectivity index (χ0v) is 14.4. The van der Waals surface area contributed by atoms with Crippen LogP contribution in [0.2, 0.25) is 0 Å². The quantitative estimate of drug-likeness (QED) is 0.559. The van der Waals surface area contributed by atoms with Gasteiger partial charge in [0.05, 0.1) is 13.1 Å². The standard InChI is InChI=1S/C17H30N4O/c1-5-18-17(19-12-13-20(3)6-2)21(4)14-15-22-16-10-8-7-9-11-16/h7-11H,5-6,12-15H2,1-4H3,(H,18,19). The van der Waals surface area contributed by atoms with Crippen LogP contribution in [0, 0.1) is 0 Å². The van der Waals surface area contributed by atoms with Crippen molar-refractivity contribution in [1.29, 1.82) is 0 Å². The van der Waals surface area contributed by atoms with Crippen molar-refractivity contribution in [2.24, 2.45) is 4.99 Å². The van der Waals surface area contributed by atoms with Crippen LogP contribution in [-0.4, -0.2) is 69.2 Å². The van der Waals surface area contributed by atoms with Gasteiger partial charge in [0.2, 0.25) is 0 Å². The monoisotopic (exact) mass is 306 g/mol. The summed E-state index contributed by atoms with van der Waals surface area (Å²) in [5.74, 6) is 1.84. The fourth-order valence-electron chi connectivity index (χ4n) is 1.88. The fourth-order valence-corrected chi connectivity index (χ4v) is 1.88. The molecule has 1 rings (SSSR count). The Labute approximate surface area is 135 Å². The van der Waals surface area contributed by atoms with Crippen LogP contribution in [0.1, 0.15) is 13.8 Å². The van der Waals surface area contributed by atoms with Gasteiger partial charge >= 0.3 is 0 Å². The van der Waals surface area contributed by atoms with Crippen molar-refractivity contribution in [3.05, 3.63) is 30.3 Å².